The summed E-state index contributed by atoms with van der Waals surface area (Å²) < 4.78 is 10.9. The standard InChI is InChI=1S/C13H28N2O2/c1-6-14-11(10(2)3)7-15-8-12(16-4)13(9-15)17-5/h10-14H,6-9H2,1-5H3. The fourth-order valence-electron chi connectivity index (χ4n) is 2.47. The van der Waals surface area contributed by atoms with Gasteiger partial charge in [-0.1, -0.05) is 20.8 Å². The molecule has 0 saturated carbocycles. The molecule has 0 spiro atoms. The second-order valence-corrected chi connectivity index (χ2v) is 5.18. The number of ether oxygens (including phenoxy) is 2. The Morgan fingerprint density at radius 3 is 2.06 bits per heavy atom. The lowest BCUT2D eigenvalue weighted by molar-refractivity contribution is -0.00461. The first kappa shape index (κ1) is 14.9. The number of likely N-dealkylation sites (N-methyl/N-ethyl adjacent to an activating group) is 1. The highest BCUT2D eigenvalue weighted by Gasteiger charge is 2.34. The Labute approximate surface area is 106 Å². The van der Waals surface area contributed by atoms with Crippen LogP contribution < -0.4 is 5.32 Å². The number of rotatable bonds is 7. The molecule has 0 amide bonds. The minimum absolute atomic E-state index is 0.217. The molecule has 1 N–H and O–H groups in total. The number of hydrogen-bond acceptors (Lipinski definition) is 4. The third kappa shape index (κ3) is 4.21. The molecule has 3 unspecified atom stereocenters. The van der Waals surface area contributed by atoms with E-state index in [0.29, 0.717) is 12.0 Å². The van der Waals surface area contributed by atoms with E-state index < -0.39 is 0 Å². The second-order valence-electron chi connectivity index (χ2n) is 5.18. The van der Waals surface area contributed by atoms with Gasteiger partial charge in [0.25, 0.3) is 0 Å². The molecule has 0 bridgehead atoms. The first-order valence-electron chi connectivity index (χ1n) is 6.63. The molecule has 4 heteroatoms. The summed E-state index contributed by atoms with van der Waals surface area (Å²) in [7, 11) is 3.54. The molecule has 0 radical (unpaired) electrons. The van der Waals surface area contributed by atoms with Gasteiger partial charge < -0.3 is 14.8 Å². The van der Waals surface area contributed by atoms with Crippen LogP contribution in [0.2, 0.25) is 0 Å². The summed E-state index contributed by atoms with van der Waals surface area (Å²) in [6, 6.07) is 0.549. The molecule has 3 atom stereocenters. The minimum Gasteiger partial charge on any atom is -0.377 e. The summed E-state index contributed by atoms with van der Waals surface area (Å²) >= 11 is 0. The van der Waals surface area contributed by atoms with E-state index in [9.17, 15) is 0 Å². The van der Waals surface area contributed by atoms with Crippen LogP contribution in [0, 0.1) is 5.92 Å². The summed E-state index contributed by atoms with van der Waals surface area (Å²) in [4.78, 5) is 2.44. The molecule has 0 aliphatic carbocycles. The van der Waals surface area contributed by atoms with E-state index in [-0.39, 0.29) is 12.2 Å². The van der Waals surface area contributed by atoms with Gasteiger partial charge in [-0.2, -0.15) is 0 Å². The molecule has 1 heterocycles. The van der Waals surface area contributed by atoms with E-state index in [1.807, 2.05) is 0 Å². The molecule has 0 aromatic heterocycles. The highest BCUT2D eigenvalue weighted by molar-refractivity contribution is 4.88. The topological polar surface area (TPSA) is 33.7 Å². The lowest BCUT2D eigenvalue weighted by atomic mass is 10.0. The van der Waals surface area contributed by atoms with E-state index in [0.717, 1.165) is 26.2 Å². The van der Waals surface area contributed by atoms with Crippen LogP contribution in [-0.2, 0) is 9.47 Å². The summed E-state index contributed by atoms with van der Waals surface area (Å²) in [5.41, 5.74) is 0. The lowest BCUT2D eigenvalue weighted by Crippen LogP contribution is -2.43. The Hall–Kier alpha value is -0.160. The Balaban J connectivity index is 2.46. The molecule has 4 nitrogen and oxygen atoms in total. The van der Waals surface area contributed by atoms with E-state index >= 15 is 0 Å². The van der Waals surface area contributed by atoms with E-state index in [4.69, 9.17) is 9.47 Å². The van der Waals surface area contributed by atoms with Gasteiger partial charge >= 0.3 is 0 Å². The molecule has 1 aliphatic heterocycles. The van der Waals surface area contributed by atoms with Gasteiger partial charge in [-0.3, -0.25) is 4.90 Å². The molecule has 1 fully saturated rings. The largest absolute Gasteiger partial charge is 0.377 e. The quantitative estimate of drug-likeness (QED) is 0.723. The van der Waals surface area contributed by atoms with Crippen molar-refractivity contribution in [2.75, 3.05) is 40.4 Å². The molecule has 0 aromatic carbocycles. The molecule has 17 heavy (non-hydrogen) atoms. The Bertz CT molecular complexity index is 200. The van der Waals surface area contributed by atoms with Crippen molar-refractivity contribution in [1.29, 1.82) is 0 Å². The van der Waals surface area contributed by atoms with Gasteiger partial charge in [-0.25, -0.2) is 0 Å². The Kier molecular flexibility index (Phi) is 6.41. The van der Waals surface area contributed by atoms with Crippen LogP contribution in [-0.4, -0.2) is 63.5 Å². The maximum absolute atomic E-state index is 5.46. The number of hydrogen-bond donors (Lipinski definition) is 1. The second kappa shape index (κ2) is 7.31. The highest BCUT2D eigenvalue weighted by Crippen LogP contribution is 2.17. The van der Waals surface area contributed by atoms with Gasteiger partial charge in [0.05, 0.1) is 12.2 Å². The number of likely N-dealkylation sites (tertiary alicyclic amines) is 1. The molecule has 102 valence electrons. The van der Waals surface area contributed by atoms with Crippen molar-refractivity contribution >= 4 is 0 Å². The summed E-state index contributed by atoms with van der Waals surface area (Å²) in [6.07, 6.45) is 0.434. The molecular formula is C13H28N2O2. The summed E-state index contributed by atoms with van der Waals surface area (Å²) in [5, 5.41) is 3.55. The first-order valence-corrected chi connectivity index (χ1v) is 6.63. The third-order valence-corrected chi connectivity index (χ3v) is 3.62. The van der Waals surface area contributed by atoms with Crippen LogP contribution in [0.25, 0.3) is 0 Å². The zero-order valence-electron chi connectivity index (χ0n) is 11.9. The summed E-state index contributed by atoms with van der Waals surface area (Å²) in [6.45, 7) is 10.8. The molecule has 0 aromatic rings. The van der Waals surface area contributed by atoms with Crippen molar-refractivity contribution in [1.82, 2.24) is 10.2 Å². The van der Waals surface area contributed by atoms with Crippen molar-refractivity contribution in [3.8, 4) is 0 Å². The van der Waals surface area contributed by atoms with Crippen molar-refractivity contribution < 1.29 is 9.47 Å². The predicted octanol–water partition coefficient (Wildman–Crippen LogP) is 0.966. The van der Waals surface area contributed by atoms with Crippen molar-refractivity contribution in [3.63, 3.8) is 0 Å². The molecule has 1 rings (SSSR count). The smallest absolute Gasteiger partial charge is 0.0971 e. The van der Waals surface area contributed by atoms with Crippen LogP contribution in [0.1, 0.15) is 20.8 Å². The van der Waals surface area contributed by atoms with Crippen molar-refractivity contribution in [2.24, 2.45) is 5.92 Å². The number of nitrogens with one attached hydrogen (secondary N) is 1. The van der Waals surface area contributed by atoms with E-state index in [1.54, 1.807) is 14.2 Å². The SMILES string of the molecule is CCNC(CN1CC(OC)C(OC)C1)C(C)C. The predicted molar refractivity (Wildman–Crippen MR) is 70.3 cm³/mol. The maximum Gasteiger partial charge on any atom is 0.0971 e. The average Bonchev–Trinajstić information content (AvgIpc) is 2.70. The minimum atomic E-state index is 0.217. The maximum atomic E-state index is 5.46. The van der Waals surface area contributed by atoms with Gasteiger partial charge in [-0.15, -0.1) is 0 Å². The lowest BCUT2D eigenvalue weighted by Gasteiger charge is -2.27. The normalized spacial score (nSPS) is 27.9. The van der Waals surface area contributed by atoms with Gasteiger partial charge in [0.15, 0.2) is 0 Å². The van der Waals surface area contributed by atoms with Gasteiger partial charge in [0, 0.05) is 39.9 Å². The molecule has 1 aliphatic rings. The fraction of sp³-hybridized carbons (Fsp3) is 1.00. The zero-order valence-corrected chi connectivity index (χ0v) is 11.9. The zero-order chi connectivity index (χ0) is 12.8. The highest BCUT2D eigenvalue weighted by atomic mass is 16.5. The van der Waals surface area contributed by atoms with Gasteiger partial charge in [0.1, 0.15) is 0 Å². The van der Waals surface area contributed by atoms with Crippen LogP contribution >= 0.6 is 0 Å². The fourth-order valence-corrected chi connectivity index (χ4v) is 2.47. The van der Waals surface area contributed by atoms with Crippen LogP contribution in [0.3, 0.4) is 0 Å². The summed E-state index contributed by atoms with van der Waals surface area (Å²) in [5.74, 6) is 0.650. The molecular weight excluding hydrogens is 216 g/mol. The van der Waals surface area contributed by atoms with Crippen molar-refractivity contribution in [3.05, 3.63) is 0 Å². The van der Waals surface area contributed by atoms with Gasteiger partial charge in [0.2, 0.25) is 0 Å². The average molecular weight is 244 g/mol. The van der Waals surface area contributed by atoms with Crippen molar-refractivity contribution in [2.45, 2.75) is 39.0 Å². The number of methoxy groups -OCH3 is 2. The molecule has 1 saturated heterocycles. The third-order valence-electron chi connectivity index (χ3n) is 3.62. The van der Waals surface area contributed by atoms with Crippen LogP contribution in [0.4, 0.5) is 0 Å². The Morgan fingerprint density at radius 1 is 1.18 bits per heavy atom. The van der Waals surface area contributed by atoms with Crippen LogP contribution in [0.5, 0.6) is 0 Å². The Morgan fingerprint density at radius 2 is 1.71 bits per heavy atom. The van der Waals surface area contributed by atoms with E-state index in [2.05, 4.69) is 31.0 Å². The number of nitrogens with zero attached hydrogens (tertiary/aromatic N) is 1. The monoisotopic (exact) mass is 244 g/mol. The van der Waals surface area contributed by atoms with Gasteiger partial charge in [-0.05, 0) is 12.5 Å². The van der Waals surface area contributed by atoms with E-state index in [1.165, 1.54) is 0 Å². The first-order chi connectivity index (χ1) is 8.12. The van der Waals surface area contributed by atoms with Crippen LogP contribution in [0.15, 0.2) is 0 Å².